The Morgan fingerprint density at radius 3 is 2.60 bits per heavy atom. The van der Waals surface area contributed by atoms with E-state index < -0.39 is 0 Å². The van der Waals surface area contributed by atoms with E-state index in [1.54, 1.807) is 0 Å². The molecule has 1 aliphatic heterocycles. The Morgan fingerprint density at radius 1 is 1.33 bits per heavy atom. The largest absolute Gasteiger partial charge is 0.378 e. The number of hydrogen-bond donors (Lipinski definition) is 1. The van der Waals surface area contributed by atoms with E-state index in [0.29, 0.717) is 11.5 Å². The summed E-state index contributed by atoms with van der Waals surface area (Å²) in [7, 11) is 0. The lowest BCUT2D eigenvalue weighted by atomic mass is 9.69. The fourth-order valence-electron chi connectivity index (χ4n) is 3.57. The maximum Gasteiger partial charge on any atom is 0.0618 e. The van der Waals surface area contributed by atoms with Gasteiger partial charge in [0.05, 0.1) is 6.10 Å². The molecule has 0 aromatic rings. The van der Waals surface area contributed by atoms with Crippen molar-refractivity contribution in [3.63, 3.8) is 0 Å². The molecule has 1 saturated heterocycles. The number of rotatable bonds is 4. The summed E-state index contributed by atoms with van der Waals surface area (Å²) < 4.78 is 5.84. The highest BCUT2D eigenvalue weighted by atomic mass is 16.5. The average Bonchev–Trinajstić information content (AvgIpc) is 2.85. The summed E-state index contributed by atoms with van der Waals surface area (Å²) in [6, 6.07) is 0. The SMILES string of the molecule is CCNCC1(C2CCCC2)CCOC1C. The maximum absolute atomic E-state index is 5.84. The van der Waals surface area contributed by atoms with Crippen LogP contribution in [0.3, 0.4) is 0 Å². The second kappa shape index (κ2) is 4.84. The van der Waals surface area contributed by atoms with Crippen molar-refractivity contribution in [1.29, 1.82) is 0 Å². The van der Waals surface area contributed by atoms with Crippen LogP contribution in [0, 0.1) is 11.3 Å². The van der Waals surface area contributed by atoms with Crippen molar-refractivity contribution < 1.29 is 4.74 Å². The van der Waals surface area contributed by atoms with Gasteiger partial charge in [0.15, 0.2) is 0 Å². The Morgan fingerprint density at radius 2 is 2.07 bits per heavy atom. The Bertz CT molecular complexity index is 201. The summed E-state index contributed by atoms with van der Waals surface area (Å²) >= 11 is 0. The van der Waals surface area contributed by atoms with E-state index in [9.17, 15) is 0 Å². The molecule has 0 amide bonds. The fraction of sp³-hybridized carbons (Fsp3) is 1.00. The van der Waals surface area contributed by atoms with Gasteiger partial charge >= 0.3 is 0 Å². The molecule has 15 heavy (non-hydrogen) atoms. The highest BCUT2D eigenvalue weighted by Gasteiger charge is 2.47. The van der Waals surface area contributed by atoms with Crippen molar-refractivity contribution in [2.75, 3.05) is 19.7 Å². The topological polar surface area (TPSA) is 21.3 Å². The van der Waals surface area contributed by atoms with Crippen LogP contribution in [0.15, 0.2) is 0 Å². The minimum Gasteiger partial charge on any atom is -0.378 e. The van der Waals surface area contributed by atoms with Crippen LogP contribution >= 0.6 is 0 Å². The van der Waals surface area contributed by atoms with E-state index in [1.807, 2.05) is 0 Å². The van der Waals surface area contributed by atoms with Crippen LogP contribution in [0.2, 0.25) is 0 Å². The molecule has 0 aromatic heterocycles. The molecule has 1 saturated carbocycles. The van der Waals surface area contributed by atoms with Gasteiger partial charge in [-0.15, -0.1) is 0 Å². The summed E-state index contributed by atoms with van der Waals surface area (Å²) in [4.78, 5) is 0. The molecule has 2 heteroatoms. The van der Waals surface area contributed by atoms with Crippen LogP contribution in [0.4, 0.5) is 0 Å². The molecular weight excluding hydrogens is 186 g/mol. The summed E-state index contributed by atoms with van der Waals surface area (Å²) in [5, 5.41) is 3.56. The average molecular weight is 211 g/mol. The molecule has 2 atom stereocenters. The number of hydrogen-bond acceptors (Lipinski definition) is 2. The molecule has 2 rings (SSSR count). The first kappa shape index (κ1) is 11.4. The normalized spacial score (nSPS) is 37.6. The van der Waals surface area contributed by atoms with Gasteiger partial charge in [-0.05, 0) is 38.6 Å². The molecule has 1 aliphatic carbocycles. The zero-order valence-electron chi connectivity index (χ0n) is 10.2. The molecule has 0 aromatic carbocycles. The van der Waals surface area contributed by atoms with E-state index >= 15 is 0 Å². The molecule has 0 bridgehead atoms. The number of ether oxygens (including phenoxy) is 1. The highest BCUT2D eigenvalue weighted by molar-refractivity contribution is 4.97. The van der Waals surface area contributed by atoms with Crippen molar-refractivity contribution in [2.24, 2.45) is 11.3 Å². The minimum atomic E-state index is 0.451. The maximum atomic E-state index is 5.84. The van der Waals surface area contributed by atoms with Gasteiger partial charge in [-0.2, -0.15) is 0 Å². The van der Waals surface area contributed by atoms with E-state index in [1.165, 1.54) is 32.1 Å². The van der Waals surface area contributed by atoms with Crippen molar-refractivity contribution in [1.82, 2.24) is 5.32 Å². The van der Waals surface area contributed by atoms with E-state index in [4.69, 9.17) is 4.74 Å². The zero-order chi connectivity index (χ0) is 10.7. The van der Waals surface area contributed by atoms with Crippen LogP contribution in [0.5, 0.6) is 0 Å². The fourth-order valence-corrected chi connectivity index (χ4v) is 3.57. The third kappa shape index (κ3) is 2.07. The monoisotopic (exact) mass is 211 g/mol. The van der Waals surface area contributed by atoms with Gasteiger partial charge in [-0.3, -0.25) is 0 Å². The van der Waals surface area contributed by atoms with Gasteiger partial charge in [-0.25, -0.2) is 0 Å². The van der Waals surface area contributed by atoms with Crippen LogP contribution in [-0.2, 0) is 4.74 Å². The predicted octanol–water partition coefficient (Wildman–Crippen LogP) is 2.58. The van der Waals surface area contributed by atoms with Crippen LogP contribution in [0.25, 0.3) is 0 Å². The summed E-state index contributed by atoms with van der Waals surface area (Å²) in [5.41, 5.74) is 0.451. The van der Waals surface area contributed by atoms with Gasteiger partial charge in [0.25, 0.3) is 0 Å². The van der Waals surface area contributed by atoms with Gasteiger partial charge < -0.3 is 10.1 Å². The third-order valence-electron chi connectivity index (χ3n) is 4.62. The summed E-state index contributed by atoms with van der Waals surface area (Å²) in [6.07, 6.45) is 7.46. The van der Waals surface area contributed by atoms with Crippen LogP contribution < -0.4 is 5.32 Å². The van der Waals surface area contributed by atoms with Crippen LogP contribution in [-0.4, -0.2) is 25.8 Å². The standard InChI is InChI=1S/C13H25NO/c1-3-14-10-13(8-9-15-11(13)2)12-6-4-5-7-12/h11-12,14H,3-10H2,1-2H3. The lowest BCUT2D eigenvalue weighted by Crippen LogP contribution is -2.44. The number of nitrogens with one attached hydrogen (secondary N) is 1. The Kier molecular flexibility index (Phi) is 3.68. The molecule has 1 N–H and O–H groups in total. The quantitative estimate of drug-likeness (QED) is 0.771. The van der Waals surface area contributed by atoms with Gasteiger partial charge in [0.2, 0.25) is 0 Å². The lowest BCUT2D eigenvalue weighted by Gasteiger charge is -2.38. The van der Waals surface area contributed by atoms with Gasteiger partial charge in [0.1, 0.15) is 0 Å². The zero-order valence-corrected chi connectivity index (χ0v) is 10.2. The van der Waals surface area contributed by atoms with Crippen molar-refractivity contribution >= 4 is 0 Å². The third-order valence-corrected chi connectivity index (χ3v) is 4.62. The molecular formula is C13H25NO. The molecule has 2 nitrogen and oxygen atoms in total. The Labute approximate surface area is 93.8 Å². The predicted molar refractivity (Wildman–Crippen MR) is 63.0 cm³/mol. The Balaban J connectivity index is 2.06. The van der Waals surface area contributed by atoms with E-state index in [0.717, 1.165) is 25.6 Å². The first-order valence-corrected chi connectivity index (χ1v) is 6.62. The molecule has 2 aliphatic rings. The molecule has 1 heterocycles. The van der Waals surface area contributed by atoms with E-state index in [-0.39, 0.29) is 0 Å². The molecule has 0 spiro atoms. The lowest BCUT2D eigenvalue weighted by molar-refractivity contribution is 0.0294. The first-order chi connectivity index (χ1) is 7.29. The summed E-state index contributed by atoms with van der Waals surface area (Å²) in [6.45, 7) is 7.70. The molecule has 88 valence electrons. The second-order valence-electron chi connectivity index (χ2n) is 5.26. The summed E-state index contributed by atoms with van der Waals surface area (Å²) in [5.74, 6) is 0.911. The van der Waals surface area contributed by atoms with Crippen LogP contribution in [0.1, 0.15) is 46.0 Å². The van der Waals surface area contributed by atoms with Crippen molar-refractivity contribution in [3.8, 4) is 0 Å². The minimum absolute atomic E-state index is 0.451. The molecule has 2 fully saturated rings. The molecule has 2 unspecified atom stereocenters. The van der Waals surface area contributed by atoms with Crippen molar-refractivity contribution in [3.05, 3.63) is 0 Å². The smallest absolute Gasteiger partial charge is 0.0618 e. The van der Waals surface area contributed by atoms with E-state index in [2.05, 4.69) is 19.2 Å². The van der Waals surface area contributed by atoms with Gasteiger partial charge in [-0.1, -0.05) is 19.8 Å². The first-order valence-electron chi connectivity index (χ1n) is 6.62. The Hall–Kier alpha value is -0.0800. The van der Waals surface area contributed by atoms with Gasteiger partial charge in [0, 0.05) is 18.6 Å². The second-order valence-corrected chi connectivity index (χ2v) is 5.26. The van der Waals surface area contributed by atoms with Crippen molar-refractivity contribution in [2.45, 2.75) is 52.1 Å². The molecule has 0 radical (unpaired) electrons. The highest BCUT2D eigenvalue weighted by Crippen LogP contribution is 2.48.